The van der Waals surface area contributed by atoms with E-state index < -0.39 is 11.9 Å². The fourth-order valence-corrected chi connectivity index (χ4v) is 1.09. The maximum absolute atomic E-state index is 11.0. The molecule has 0 fully saturated rings. The van der Waals surface area contributed by atoms with Crippen LogP contribution in [0, 0.1) is 0 Å². The number of esters is 2. The predicted molar refractivity (Wildman–Crippen MR) is 43.7 cm³/mol. The van der Waals surface area contributed by atoms with Crippen LogP contribution in [0.3, 0.4) is 0 Å². The van der Waals surface area contributed by atoms with Gasteiger partial charge in [-0.3, -0.25) is 0 Å². The molecule has 1 aliphatic heterocycles. The lowest BCUT2D eigenvalue weighted by Gasteiger charge is -1.95. The molecule has 0 saturated heterocycles. The molecule has 0 aromatic rings. The van der Waals surface area contributed by atoms with Gasteiger partial charge < -0.3 is 9.53 Å². The van der Waals surface area contributed by atoms with Crippen molar-refractivity contribution in [2.75, 3.05) is 0 Å². The molecule has 0 saturated carbocycles. The second kappa shape index (κ2) is 3.51. The molecule has 4 heteroatoms. The maximum Gasteiger partial charge on any atom is 0.342 e. The van der Waals surface area contributed by atoms with Crippen molar-refractivity contribution in [2.45, 2.75) is 26.7 Å². The molecule has 4 nitrogen and oxygen atoms in total. The van der Waals surface area contributed by atoms with Crippen molar-refractivity contribution in [3.63, 3.8) is 0 Å². The van der Waals surface area contributed by atoms with E-state index >= 15 is 0 Å². The standard InChI is InChI=1S/C9H10O4/c1-5(10)3-4-7-6(2)8(11)13-9(7)12/h3-4H2,1-2H3. The summed E-state index contributed by atoms with van der Waals surface area (Å²) in [5.74, 6) is -1.21. The zero-order chi connectivity index (χ0) is 10.0. The zero-order valence-corrected chi connectivity index (χ0v) is 7.55. The normalized spacial score (nSPS) is 16.5. The molecule has 1 rings (SSSR count). The van der Waals surface area contributed by atoms with E-state index in [1.54, 1.807) is 0 Å². The Hall–Kier alpha value is -1.45. The molecule has 0 spiro atoms. The highest BCUT2D eigenvalue weighted by molar-refractivity contribution is 6.12. The highest BCUT2D eigenvalue weighted by Crippen LogP contribution is 2.20. The van der Waals surface area contributed by atoms with E-state index in [1.165, 1.54) is 13.8 Å². The monoisotopic (exact) mass is 182 g/mol. The number of hydrogen-bond donors (Lipinski definition) is 0. The molecule has 0 aromatic heterocycles. The van der Waals surface area contributed by atoms with Crippen LogP contribution in [-0.2, 0) is 19.1 Å². The van der Waals surface area contributed by atoms with Gasteiger partial charge in [0.2, 0.25) is 0 Å². The summed E-state index contributed by atoms with van der Waals surface area (Å²) in [6, 6.07) is 0. The highest BCUT2D eigenvalue weighted by Gasteiger charge is 2.29. The first-order valence-corrected chi connectivity index (χ1v) is 3.98. The van der Waals surface area contributed by atoms with Crippen molar-refractivity contribution in [2.24, 2.45) is 0 Å². The van der Waals surface area contributed by atoms with Crippen molar-refractivity contribution < 1.29 is 19.1 Å². The molecule has 0 bridgehead atoms. The molecule has 1 heterocycles. The molecular weight excluding hydrogens is 172 g/mol. The van der Waals surface area contributed by atoms with E-state index in [4.69, 9.17) is 0 Å². The predicted octanol–water partition coefficient (Wildman–Crippen LogP) is 0.755. The van der Waals surface area contributed by atoms with Gasteiger partial charge in [-0.1, -0.05) is 0 Å². The highest BCUT2D eigenvalue weighted by atomic mass is 16.6. The van der Waals surface area contributed by atoms with Crippen molar-refractivity contribution in [1.29, 1.82) is 0 Å². The summed E-state index contributed by atoms with van der Waals surface area (Å²) in [5, 5.41) is 0. The van der Waals surface area contributed by atoms with Gasteiger partial charge in [-0.05, 0) is 20.3 Å². The second-order valence-electron chi connectivity index (χ2n) is 2.98. The summed E-state index contributed by atoms with van der Waals surface area (Å²) in [7, 11) is 0. The van der Waals surface area contributed by atoms with Crippen LogP contribution in [0.5, 0.6) is 0 Å². The first kappa shape index (κ1) is 9.64. The summed E-state index contributed by atoms with van der Waals surface area (Å²) in [6.07, 6.45) is 0.570. The average Bonchev–Trinajstić information content (AvgIpc) is 2.24. The first-order chi connectivity index (χ1) is 6.02. The minimum Gasteiger partial charge on any atom is -0.386 e. The van der Waals surface area contributed by atoms with E-state index in [9.17, 15) is 14.4 Å². The summed E-state index contributed by atoms with van der Waals surface area (Å²) in [4.78, 5) is 32.5. The summed E-state index contributed by atoms with van der Waals surface area (Å²) < 4.78 is 4.36. The van der Waals surface area contributed by atoms with Crippen LogP contribution in [-0.4, -0.2) is 17.7 Å². The molecule has 0 N–H and O–H groups in total. The van der Waals surface area contributed by atoms with Crippen LogP contribution in [0.25, 0.3) is 0 Å². The number of carbonyl (C=O) groups excluding carboxylic acids is 3. The number of hydrogen-bond acceptors (Lipinski definition) is 4. The number of rotatable bonds is 3. The average molecular weight is 182 g/mol. The minimum absolute atomic E-state index is 0.00699. The zero-order valence-electron chi connectivity index (χ0n) is 7.55. The smallest absolute Gasteiger partial charge is 0.342 e. The van der Waals surface area contributed by atoms with Gasteiger partial charge in [0.25, 0.3) is 0 Å². The summed E-state index contributed by atoms with van der Waals surface area (Å²) >= 11 is 0. The summed E-state index contributed by atoms with van der Waals surface area (Å²) in [6.45, 7) is 2.97. The van der Waals surface area contributed by atoms with Gasteiger partial charge in [-0.15, -0.1) is 0 Å². The molecule has 0 aromatic carbocycles. The fraction of sp³-hybridized carbons (Fsp3) is 0.444. The number of ketones is 1. The Kier molecular flexibility index (Phi) is 2.60. The van der Waals surface area contributed by atoms with Crippen molar-refractivity contribution in [3.05, 3.63) is 11.1 Å². The Bertz CT molecular complexity index is 312. The topological polar surface area (TPSA) is 60.4 Å². The van der Waals surface area contributed by atoms with Gasteiger partial charge in [0.1, 0.15) is 5.78 Å². The third-order valence-electron chi connectivity index (χ3n) is 1.92. The molecule has 0 amide bonds. The molecule has 0 unspecified atom stereocenters. The first-order valence-electron chi connectivity index (χ1n) is 3.98. The Morgan fingerprint density at radius 1 is 1.31 bits per heavy atom. The van der Waals surface area contributed by atoms with E-state index in [-0.39, 0.29) is 12.2 Å². The van der Waals surface area contributed by atoms with Gasteiger partial charge in [0.15, 0.2) is 0 Å². The van der Waals surface area contributed by atoms with Gasteiger partial charge in [0, 0.05) is 17.6 Å². The van der Waals surface area contributed by atoms with E-state index in [1.807, 2.05) is 0 Å². The molecule has 0 aliphatic carbocycles. The van der Waals surface area contributed by atoms with Gasteiger partial charge >= 0.3 is 11.9 Å². The third kappa shape index (κ3) is 2.02. The van der Waals surface area contributed by atoms with Crippen LogP contribution in [0.15, 0.2) is 11.1 Å². The molecule has 0 radical (unpaired) electrons. The largest absolute Gasteiger partial charge is 0.386 e. The Balaban J connectivity index is 2.72. The number of carbonyl (C=O) groups is 3. The lowest BCUT2D eigenvalue weighted by Crippen LogP contribution is -2.03. The number of cyclic esters (lactones) is 2. The molecule has 13 heavy (non-hydrogen) atoms. The van der Waals surface area contributed by atoms with Crippen LogP contribution in [0.2, 0.25) is 0 Å². The second-order valence-corrected chi connectivity index (χ2v) is 2.98. The SMILES string of the molecule is CC(=O)CCC1=C(C)C(=O)OC1=O. The number of ether oxygens (including phenoxy) is 1. The summed E-state index contributed by atoms with van der Waals surface area (Å²) in [5.41, 5.74) is 0.659. The van der Waals surface area contributed by atoms with E-state index in [0.29, 0.717) is 17.6 Å². The maximum atomic E-state index is 11.0. The van der Waals surface area contributed by atoms with Crippen LogP contribution < -0.4 is 0 Å². The van der Waals surface area contributed by atoms with Crippen LogP contribution >= 0.6 is 0 Å². The van der Waals surface area contributed by atoms with Gasteiger partial charge in [-0.2, -0.15) is 0 Å². The lowest BCUT2D eigenvalue weighted by molar-refractivity contribution is -0.151. The quantitative estimate of drug-likeness (QED) is 0.477. The third-order valence-corrected chi connectivity index (χ3v) is 1.92. The molecule has 70 valence electrons. The van der Waals surface area contributed by atoms with Crippen molar-refractivity contribution in [1.82, 2.24) is 0 Å². The van der Waals surface area contributed by atoms with Crippen LogP contribution in [0.1, 0.15) is 26.7 Å². The van der Waals surface area contributed by atoms with E-state index in [2.05, 4.69) is 4.74 Å². The van der Waals surface area contributed by atoms with Gasteiger partial charge in [-0.25, -0.2) is 9.59 Å². The van der Waals surface area contributed by atoms with Crippen LogP contribution in [0.4, 0.5) is 0 Å². The fourth-order valence-electron chi connectivity index (χ4n) is 1.09. The Morgan fingerprint density at radius 2 is 1.92 bits per heavy atom. The van der Waals surface area contributed by atoms with Crippen molar-refractivity contribution in [3.8, 4) is 0 Å². The van der Waals surface area contributed by atoms with E-state index in [0.717, 1.165) is 0 Å². The Morgan fingerprint density at radius 3 is 2.31 bits per heavy atom. The molecule has 1 aliphatic rings. The molecular formula is C9H10O4. The number of Topliss-reactive ketones (excluding diaryl/α,β-unsaturated/α-hetero) is 1. The minimum atomic E-state index is -0.608. The lowest BCUT2D eigenvalue weighted by atomic mass is 10.1. The van der Waals surface area contributed by atoms with Gasteiger partial charge in [0.05, 0.1) is 0 Å². The molecule has 0 atom stereocenters. The Labute approximate surface area is 75.6 Å². The van der Waals surface area contributed by atoms with Crippen molar-refractivity contribution >= 4 is 17.7 Å².